The van der Waals surface area contributed by atoms with Crippen molar-refractivity contribution in [2.75, 3.05) is 0 Å². The summed E-state index contributed by atoms with van der Waals surface area (Å²) in [5.74, 6) is -0.446. The molecule has 1 unspecified atom stereocenters. The summed E-state index contributed by atoms with van der Waals surface area (Å²) >= 11 is 0. The van der Waals surface area contributed by atoms with Gasteiger partial charge in [0.15, 0.2) is 5.78 Å². The van der Waals surface area contributed by atoms with E-state index >= 15 is 0 Å². The summed E-state index contributed by atoms with van der Waals surface area (Å²) in [6, 6.07) is 7.56. The van der Waals surface area contributed by atoms with Crippen molar-refractivity contribution in [3.63, 3.8) is 0 Å². The number of phenols is 3. The number of fused-ring (bicyclic) bond motifs is 1. The number of ketones is 1. The average molecular weight is 424 g/mol. The summed E-state index contributed by atoms with van der Waals surface area (Å²) in [6.07, 6.45) is 2.32. The van der Waals surface area contributed by atoms with Crippen LogP contribution < -0.4 is 4.74 Å². The highest BCUT2D eigenvalue weighted by Gasteiger charge is 2.33. The molecule has 0 amide bonds. The molecule has 6 nitrogen and oxygen atoms in total. The van der Waals surface area contributed by atoms with Crippen molar-refractivity contribution in [2.24, 2.45) is 0 Å². The largest absolute Gasteiger partial charge is 0.508 e. The molecular weight excluding hydrogens is 396 g/mol. The number of carbonyl (C=O) groups excluding carboxylic acids is 1. The Morgan fingerprint density at radius 1 is 1.19 bits per heavy atom. The van der Waals surface area contributed by atoms with E-state index in [1.54, 1.807) is 19.1 Å². The van der Waals surface area contributed by atoms with E-state index in [2.05, 4.69) is 6.58 Å². The average Bonchev–Trinajstić information content (AvgIpc) is 2.71. The fourth-order valence-corrected chi connectivity index (χ4v) is 3.59. The smallest absolute Gasteiger partial charge is 0.174 e. The molecule has 0 saturated carbocycles. The van der Waals surface area contributed by atoms with Crippen molar-refractivity contribution in [3.05, 3.63) is 70.8 Å². The maximum Gasteiger partial charge on any atom is 0.174 e. The highest BCUT2D eigenvalue weighted by atomic mass is 16.5. The van der Waals surface area contributed by atoms with E-state index in [0.29, 0.717) is 36.0 Å². The van der Waals surface area contributed by atoms with Gasteiger partial charge in [-0.3, -0.25) is 4.79 Å². The zero-order chi connectivity index (χ0) is 22.7. The molecule has 164 valence electrons. The molecule has 4 N–H and O–H groups in total. The topological polar surface area (TPSA) is 107 Å². The summed E-state index contributed by atoms with van der Waals surface area (Å²) in [7, 11) is 0. The number of hydrogen-bond donors (Lipinski definition) is 4. The second-order valence-electron chi connectivity index (χ2n) is 8.08. The van der Waals surface area contributed by atoms with Crippen molar-refractivity contribution < 1.29 is 30.0 Å². The molecule has 2 atom stereocenters. The maximum atomic E-state index is 12.8. The van der Waals surface area contributed by atoms with Gasteiger partial charge in [-0.05, 0) is 50.8 Å². The molecule has 0 aromatic heterocycles. The van der Waals surface area contributed by atoms with Gasteiger partial charge < -0.3 is 25.2 Å². The number of aromatic hydroxyl groups is 3. The minimum Gasteiger partial charge on any atom is -0.508 e. The Bertz CT molecular complexity index is 1020. The number of ether oxygens (including phenoxy) is 1. The van der Waals surface area contributed by atoms with Crippen LogP contribution in [0.5, 0.6) is 23.0 Å². The highest BCUT2D eigenvalue weighted by molar-refractivity contribution is 6.03. The third-order valence-electron chi connectivity index (χ3n) is 5.55. The van der Waals surface area contributed by atoms with Crippen molar-refractivity contribution in [2.45, 2.75) is 51.7 Å². The van der Waals surface area contributed by atoms with Crippen molar-refractivity contribution in [1.29, 1.82) is 0 Å². The lowest BCUT2D eigenvalue weighted by atomic mass is 9.92. The Kier molecular flexibility index (Phi) is 6.71. The van der Waals surface area contributed by atoms with E-state index < -0.39 is 12.2 Å². The van der Waals surface area contributed by atoms with E-state index in [1.165, 1.54) is 18.2 Å². The lowest BCUT2D eigenvalue weighted by Gasteiger charge is -2.28. The Labute approximate surface area is 181 Å². The van der Waals surface area contributed by atoms with Crippen LogP contribution in [0, 0.1) is 0 Å². The molecule has 0 spiro atoms. The minimum absolute atomic E-state index is 0.0449. The second kappa shape index (κ2) is 9.27. The molecule has 31 heavy (non-hydrogen) atoms. The molecule has 0 saturated heterocycles. The molecule has 0 bridgehead atoms. The first kappa shape index (κ1) is 22.4. The van der Waals surface area contributed by atoms with Crippen LogP contribution in [0.2, 0.25) is 0 Å². The molecule has 0 aliphatic carbocycles. The quantitative estimate of drug-likeness (QED) is 0.479. The number of allylic oxidation sites excluding steroid dienone is 2. The lowest BCUT2D eigenvalue weighted by Crippen LogP contribution is -2.21. The van der Waals surface area contributed by atoms with Gasteiger partial charge in [0.2, 0.25) is 0 Å². The van der Waals surface area contributed by atoms with Gasteiger partial charge >= 0.3 is 0 Å². The number of aliphatic hydroxyl groups excluding tert-OH is 1. The van der Waals surface area contributed by atoms with Crippen molar-refractivity contribution >= 4 is 5.78 Å². The Morgan fingerprint density at radius 2 is 1.87 bits per heavy atom. The van der Waals surface area contributed by atoms with Gasteiger partial charge in [0, 0.05) is 11.6 Å². The summed E-state index contributed by atoms with van der Waals surface area (Å²) in [4.78, 5) is 12.8. The first-order chi connectivity index (χ1) is 14.7. The van der Waals surface area contributed by atoms with Gasteiger partial charge in [0.1, 0.15) is 34.7 Å². The molecule has 0 radical (unpaired) electrons. The van der Waals surface area contributed by atoms with Crippen LogP contribution in [0.3, 0.4) is 0 Å². The summed E-state index contributed by atoms with van der Waals surface area (Å²) in [6.45, 7) is 7.46. The Morgan fingerprint density at radius 3 is 2.52 bits per heavy atom. The van der Waals surface area contributed by atoms with Gasteiger partial charge in [-0.2, -0.15) is 0 Å². The van der Waals surface area contributed by atoms with E-state index in [0.717, 1.165) is 5.57 Å². The van der Waals surface area contributed by atoms with Crippen molar-refractivity contribution in [1.82, 2.24) is 0 Å². The van der Waals surface area contributed by atoms with Crippen molar-refractivity contribution in [3.8, 4) is 23.0 Å². The highest BCUT2D eigenvalue weighted by Crippen LogP contribution is 2.45. The standard InChI is InChI=1S/C25H28O6/c1-14(2)19(27)11-5-15(3)4-10-18-20(28)12-21(29)24-22(30)13-23(31-25(18)24)16-6-8-17(26)9-7-16/h4,6-9,12,19,23,26-29H,1,5,10-11,13H2,2-3H3/b15-4+/t19?,23-/m0/s1. The SMILES string of the molecule is C=C(C)C(O)CC/C(C)=C/Cc1c(O)cc(O)c2c1O[C@H](c1ccc(O)cc1)CC2=O. The molecule has 1 aliphatic rings. The van der Waals surface area contributed by atoms with Crippen LogP contribution in [0.4, 0.5) is 0 Å². The molecule has 3 rings (SSSR count). The van der Waals surface area contributed by atoms with E-state index in [9.17, 15) is 25.2 Å². The van der Waals surface area contributed by atoms with E-state index in [4.69, 9.17) is 4.74 Å². The third-order valence-corrected chi connectivity index (χ3v) is 5.55. The first-order valence-electron chi connectivity index (χ1n) is 10.2. The van der Waals surface area contributed by atoms with Gasteiger partial charge in [-0.25, -0.2) is 0 Å². The van der Waals surface area contributed by atoms with Gasteiger partial charge in [0.05, 0.1) is 12.5 Å². The summed E-state index contributed by atoms with van der Waals surface area (Å²) < 4.78 is 6.08. The van der Waals surface area contributed by atoms with Crippen LogP contribution in [0.15, 0.2) is 54.1 Å². The molecule has 2 aromatic rings. The summed E-state index contributed by atoms with van der Waals surface area (Å²) in [5, 5.41) is 40.1. The molecule has 6 heteroatoms. The molecule has 2 aromatic carbocycles. The number of hydrogen-bond acceptors (Lipinski definition) is 6. The van der Waals surface area contributed by atoms with E-state index in [-0.39, 0.29) is 40.8 Å². The number of phenolic OH excluding ortho intramolecular Hbond substituents is 3. The monoisotopic (exact) mass is 424 g/mol. The minimum atomic E-state index is -0.587. The molecule has 0 fully saturated rings. The number of benzene rings is 2. The van der Waals surface area contributed by atoms with Gasteiger partial charge in [0.25, 0.3) is 0 Å². The van der Waals surface area contributed by atoms with Crippen LogP contribution in [-0.4, -0.2) is 32.3 Å². The molecule has 1 aliphatic heterocycles. The zero-order valence-corrected chi connectivity index (χ0v) is 17.8. The predicted octanol–water partition coefficient (Wildman–Crippen LogP) is 4.72. The number of carbonyl (C=O) groups is 1. The summed E-state index contributed by atoms with van der Waals surface area (Å²) in [5.41, 5.74) is 2.94. The fraction of sp³-hybridized carbons (Fsp3) is 0.320. The number of Topliss-reactive ketones (excluding diaryl/α,β-unsaturated/α-hetero) is 1. The molecule has 1 heterocycles. The van der Waals surface area contributed by atoms with Crippen LogP contribution in [0.25, 0.3) is 0 Å². The maximum absolute atomic E-state index is 12.8. The fourth-order valence-electron chi connectivity index (χ4n) is 3.59. The second-order valence-corrected chi connectivity index (χ2v) is 8.08. The van der Waals surface area contributed by atoms with E-state index in [1.807, 2.05) is 13.0 Å². The lowest BCUT2D eigenvalue weighted by molar-refractivity contribution is 0.0842. The first-order valence-corrected chi connectivity index (χ1v) is 10.2. The number of aliphatic hydroxyl groups is 1. The molecular formula is C25H28O6. The van der Waals surface area contributed by atoms with Crippen LogP contribution in [0.1, 0.15) is 60.7 Å². The predicted molar refractivity (Wildman–Crippen MR) is 118 cm³/mol. The normalized spacial score (nSPS) is 17.1. The van der Waals surface area contributed by atoms with Gasteiger partial charge in [-0.15, -0.1) is 0 Å². The van der Waals surface area contributed by atoms with Crippen LogP contribution in [-0.2, 0) is 6.42 Å². The van der Waals surface area contributed by atoms with Crippen LogP contribution >= 0.6 is 0 Å². The van der Waals surface area contributed by atoms with Gasteiger partial charge in [-0.1, -0.05) is 35.9 Å². The number of rotatable bonds is 7. The Balaban J connectivity index is 1.88. The third kappa shape index (κ3) is 5.09. The zero-order valence-electron chi connectivity index (χ0n) is 17.8. The Hall–Kier alpha value is -3.25.